The minimum atomic E-state index is 0.576. The van der Waals surface area contributed by atoms with E-state index in [0.717, 1.165) is 22.6 Å². The van der Waals surface area contributed by atoms with E-state index in [4.69, 9.17) is 9.47 Å². The molecule has 0 amide bonds. The Balaban J connectivity index is 1.33. The number of benzene rings is 4. The Bertz CT molecular complexity index is 971. The Morgan fingerprint density at radius 3 is 1.10 bits per heavy atom. The van der Waals surface area contributed by atoms with Crippen molar-refractivity contribution in [2.24, 2.45) is 0 Å². The number of hydrogen-bond donors (Lipinski definition) is 0. The topological polar surface area (TPSA) is 18.5 Å². The van der Waals surface area contributed by atoms with Crippen molar-refractivity contribution in [1.82, 2.24) is 0 Å². The van der Waals surface area contributed by atoms with Crippen LogP contribution in [0.15, 0.2) is 97.1 Å². The highest BCUT2D eigenvalue weighted by Gasteiger charge is 2.02. The maximum absolute atomic E-state index is 5.90. The van der Waals surface area contributed by atoms with Gasteiger partial charge in [0.2, 0.25) is 0 Å². The average Bonchev–Trinajstić information content (AvgIpc) is 2.79. The van der Waals surface area contributed by atoms with E-state index in [1.54, 1.807) is 0 Å². The molecule has 0 aliphatic carbocycles. The van der Waals surface area contributed by atoms with Gasteiger partial charge < -0.3 is 9.47 Å². The monoisotopic (exact) mass is 394 g/mol. The SMILES string of the molecule is Cc1ccc(COc2ccc(-c3ccc(OCc4ccc(C)cc4)cc3)cc2)cc1. The van der Waals surface area contributed by atoms with Gasteiger partial charge in [-0.1, -0.05) is 83.9 Å². The first-order chi connectivity index (χ1) is 14.7. The number of aryl methyl sites for hydroxylation is 2. The second-order valence-electron chi connectivity index (χ2n) is 7.60. The highest BCUT2D eigenvalue weighted by molar-refractivity contribution is 5.64. The molecule has 0 saturated carbocycles. The summed E-state index contributed by atoms with van der Waals surface area (Å²) in [7, 11) is 0. The van der Waals surface area contributed by atoms with E-state index in [0.29, 0.717) is 13.2 Å². The van der Waals surface area contributed by atoms with E-state index >= 15 is 0 Å². The van der Waals surface area contributed by atoms with E-state index in [1.165, 1.54) is 22.3 Å². The average molecular weight is 395 g/mol. The lowest BCUT2D eigenvalue weighted by Crippen LogP contribution is -1.95. The lowest BCUT2D eigenvalue weighted by atomic mass is 10.1. The van der Waals surface area contributed by atoms with Crippen LogP contribution >= 0.6 is 0 Å². The number of ether oxygens (including phenoxy) is 2. The van der Waals surface area contributed by atoms with Crippen molar-refractivity contribution >= 4 is 0 Å². The minimum Gasteiger partial charge on any atom is -0.489 e. The van der Waals surface area contributed by atoms with Gasteiger partial charge in [0.25, 0.3) is 0 Å². The van der Waals surface area contributed by atoms with Crippen molar-refractivity contribution in [3.8, 4) is 22.6 Å². The molecule has 0 fully saturated rings. The normalized spacial score (nSPS) is 10.6. The van der Waals surface area contributed by atoms with Crippen LogP contribution in [0.2, 0.25) is 0 Å². The van der Waals surface area contributed by atoms with Gasteiger partial charge in [-0.15, -0.1) is 0 Å². The fourth-order valence-corrected chi connectivity index (χ4v) is 3.19. The quantitative estimate of drug-likeness (QED) is 0.332. The zero-order valence-corrected chi connectivity index (χ0v) is 17.5. The fourth-order valence-electron chi connectivity index (χ4n) is 3.19. The molecule has 0 bridgehead atoms. The molecule has 0 spiro atoms. The summed E-state index contributed by atoms with van der Waals surface area (Å²) in [4.78, 5) is 0. The molecular weight excluding hydrogens is 368 g/mol. The maximum atomic E-state index is 5.90. The predicted octanol–water partition coefficient (Wildman–Crippen LogP) is 7.13. The zero-order chi connectivity index (χ0) is 20.8. The summed E-state index contributed by atoms with van der Waals surface area (Å²) in [6.07, 6.45) is 0. The highest BCUT2D eigenvalue weighted by atomic mass is 16.5. The van der Waals surface area contributed by atoms with E-state index < -0.39 is 0 Å². The zero-order valence-electron chi connectivity index (χ0n) is 17.5. The van der Waals surface area contributed by atoms with Gasteiger partial charge in [-0.05, 0) is 60.4 Å². The molecule has 4 aromatic rings. The number of rotatable bonds is 7. The Morgan fingerprint density at radius 2 is 0.767 bits per heavy atom. The molecule has 0 aliphatic heterocycles. The van der Waals surface area contributed by atoms with Crippen LogP contribution in [0.3, 0.4) is 0 Å². The van der Waals surface area contributed by atoms with E-state index in [1.807, 2.05) is 24.3 Å². The van der Waals surface area contributed by atoms with Crippen LogP contribution in [0, 0.1) is 13.8 Å². The van der Waals surface area contributed by atoms with Gasteiger partial charge in [0.05, 0.1) is 0 Å². The highest BCUT2D eigenvalue weighted by Crippen LogP contribution is 2.25. The molecule has 150 valence electrons. The molecule has 0 heterocycles. The van der Waals surface area contributed by atoms with Crippen molar-refractivity contribution in [2.75, 3.05) is 0 Å². The molecule has 2 heteroatoms. The van der Waals surface area contributed by atoms with Gasteiger partial charge in [0.1, 0.15) is 24.7 Å². The van der Waals surface area contributed by atoms with Crippen LogP contribution in [-0.2, 0) is 13.2 Å². The summed E-state index contributed by atoms with van der Waals surface area (Å²) in [6.45, 7) is 5.33. The van der Waals surface area contributed by atoms with E-state index in [-0.39, 0.29) is 0 Å². The molecule has 0 radical (unpaired) electrons. The Hall–Kier alpha value is -3.52. The molecule has 0 N–H and O–H groups in total. The first-order valence-corrected chi connectivity index (χ1v) is 10.2. The first-order valence-electron chi connectivity index (χ1n) is 10.2. The van der Waals surface area contributed by atoms with Gasteiger partial charge in [0.15, 0.2) is 0 Å². The van der Waals surface area contributed by atoms with Gasteiger partial charge in [0, 0.05) is 0 Å². The van der Waals surface area contributed by atoms with Crippen LogP contribution in [0.4, 0.5) is 0 Å². The standard InChI is InChI=1S/C28H26O2/c1-21-3-7-23(8-4-21)19-29-27-15-11-25(12-16-27)26-13-17-28(18-14-26)30-20-24-9-5-22(2)6-10-24/h3-18H,19-20H2,1-2H3. The minimum absolute atomic E-state index is 0.576. The molecule has 0 aromatic heterocycles. The Kier molecular flexibility index (Phi) is 6.14. The lowest BCUT2D eigenvalue weighted by Gasteiger charge is -2.09. The molecule has 0 unspecified atom stereocenters. The summed E-state index contributed by atoms with van der Waals surface area (Å²) in [5, 5.41) is 0. The maximum Gasteiger partial charge on any atom is 0.119 e. The van der Waals surface area contributed by atoms with Crippen LogP contribution in [0.5, 0.6) is 11.5 Å². The van der Waals surface area contributed by atoms with Crippen molar-refractivity contribution in [2.45, 2.75) is 27.1 Å². The van der Waals surface area contributed by atoms with Crippen LogP contribution in [0.25, 0.3) is 11.1 Å². The van der Waals surface area contributed by atoms with Gasteiger partial charge in [-0.2, -0.15) is 0 Å². The lowest BCUT2D eigenvalue weighted by molar-refractivity contribution is 0.306. The third-order valence-electron chi connectivity index (χ3n) is 5.09. The van der Waals surface area contributed by atoms with Crippen molar-refractivity contribution in [3.63, 3.8) is 0 Å². The molecule has 0 saturated heterocycles. The summed E-state index contributed by atoms with van der Waals surface area (Å²) in [5.74, 6) is 1.75. The second kappa shape index (κ2) is 9.32. The van der Waals surface area contributed by atoms with Gasteiger partial charge >= 0.3 is 0 Å². The molecule has 4 rings (SSSR count). The molecule has 4 aromatic carbocycles. The van der Waals surface area contributed by atoms with Crippen LogP contribution in [-0.4, -0.2) is 0 Å². The largest absolute Gasteiger partial charge is 0.489 e. The van der Waals surface area contributed by atoms with Crippen molar-refractivity contribution < 1.29 is 9.47 Å². The first kappa shape index (κ1) is 19.8. The summed E-state index contributed by atoms with van der Waals surface area (Å²) in [5.41, 5.74) is 7.17. The molecule has 2 nitrogen and oxygen atoms in total. The van der Waals surface area contributed by atoms with Gasteiger partial charge in [-0.3, -0.25) is 0 Å². The van der Waals surface area contributed by atoms with Crippen molar-refractivity contribution in [3.05, 3.63) is 119 Å². The Labute approximate surface area is 178 Å². The van der Waals surface area contributed by atoms with E-state index in [2.05, 4.69) is 86.6 Å². The van der Waals surface area contributed by atoms with Gasteiger partial charge in [-0.25, -0.2) is 0 Å². The smallest absolute Gasteiger partial charge is 0.119 e. The van der Waals surface area contributed by atoms with Crippen molar-refractivity contribution in [1.29, 1.82) is 0 Å². The predicted molar refractivity (Wildman–Crippen MR) is 123 cm³/mol. The summed E-state index contributed by atoms with van der Waals surface area (Å²) >= 11 is 0. The summed E-state index contributed by atoms with van der Waals surface area (Å²) < 4.78 is 11.8. The fraction of sp³-hybridized carbons (Fsp3) is 0.143. The number of hydrogen-bond acceptors (Lipinski definition) is 2. The Morgan fingerprint density at radius 1 is 0.433 bits per heavy atom. The molecular formula is C28H26O2. The van der Waals surface area contributed by atoms with Crippen LogP contribution in [0.1, 0.15) is 22.3 Å². The third-order valence-corrected chi connectivity index (χ3v) is 5.09. The molecule has 0 aliphatic rings. The van der Waals surface area contributed by atoms with E-state index in [9.17, 15) is 0 Å². The third kappa shape index (κ3) is 5.30. The second-order valence-corrected chi connectivity index (χ2v) is 7.60. The van der Waals surface area contributed by atoms with Crippen LogP contribution < -0.4 is 9.47 Å². The molecule has 30 heavy (non-hydrogen) atoms. The molecule has 0 atom stereocenters. The summed E-state index contributed by atoms with van der Waals surface area (Å²) in [6, 6.07) is 33.3.